The van der Waals surface area contributed by atoms with Gasteiger partial charge in [-0.1, -0.05) is 0 Å². The highest BCUT2D eigenvalue weighted by molar-refractivity contribution is 5.85. The van der Waals surface area contributed by atoms with Crippen molar-refractivity contribution in [3.63, 3.8) is 0 Å². The molecule has 94 valence electrons. The van der Waals surface area contributed by atoms with Gasteiger partial charge in [-0.05, 0) is 32.1 Å². The van der Waals surface area contributed by atoms with Crippen molar-refractivity contribution in [2.24, 2.45) is 11.7 Å². The molecule has 0 radical (unpaired) electrons. The fourth-order valence-corrected chi connectivity index (χ4v) is 2.16. The second kappa shape index (κ2) is 5.84. The largest absolute Gasteiger partial charge is 0.381 e. The first-order valence-electron chi connectivity index (χ1n) is 5.84. The normalized spacial score (nSPS) is 27.4. The fraction of sp³-hybridized carbons (Fsp3) is 0.909. The van der Waals surface area contributed by atoms with E-state index in [2.05, 4.69) is 5.32 Å². The van der Waals surface area contributed by atoms with Gasteiger partial charge in [-0.25, -0.2) is 0 Å². The molecule has 1 amide bonds. The van der Waals surface area contributed by atoms with Crippen LogP contribution in [0.3, 0.4) is 0 Å². The zero-order valence-corrected chi connectivity index (χ0v) is 10.4. The zero-order valence-electron chi connectivity index (χ0n) is 9.54. The summed E-state index contributed by atoms with van der Waals surface area (Å²) in [5, 5.41) is 2.95. The quantitative estimate of drug-likeness (QED) is 0.778. The third-order valence-electron chi connectivity index (χ3n) is 3.50. The van der Waals surface area contributed by atoms with Gasteiger partial charge in [0.15, 0.2) is 0 Å². The van der Waals surface area contributed by atoms with E-state index < -0.39 is 0 Å². The third-order valence-corrected chi connectivity index (χ3v) is 3.50. The van der Waals surface area contributed by atoms with Crippen LogP contribution in [0.2, 0.25) is 0 Å². The summed E-state index contributed by atoms with van der Waals surface area (Å²) in [6.45, 7) is 2.00. The molecule has 2 rings (SSSR count). The average molecular weight is 249 g/mol. The van der Waals surface area contributed by atoms with E-state index in [0.29, 0.717) is 13.2 Å². The van der Waals surface area contributed by atoms with E-state index in [0.717, 1.165) is 32.3 Å². The number of halogens is 1. The lowest BCUT2D eigenvalue weighted by atomic mass is 9.77. The summed E-state index contributed by atoms with van der Waals surface area (Å²) in [5.41, 5.74) is 5.91. The monoisotopic (exact) mass is 248 g/mol. The minimum Gasteiger partial charge on any atom is -0.381 e. The Balaban J connectivity index is 0.00000128. The van der Waals surface area contributed by atoms with Gasteiger partial charge in [0.05, 0.1) is 12.5 Å². The molecule has 3 N–H and O–H groups in total. The first-order chi connectivity index (χ1) is 7.20. The van der Waals surface area contributed by atoms with Gasteiger partial charge in [-0.15, -0.1) is 12.4 Å². The van der Waals surface area contributed by atoms with Gasteiger partial charge in [0.1, 0.15) is 0 Å². The van der Waals surface area contributed by atoms with Gasteiger partial charge in [-0.3, -0.25) is 4.79 Å². The van der Waals surface area contributed by atoms with E-state index in [-0.39, 0.29) is 29.8 Å². The standard InChI is InChI=1S/C11H20N2O2.ClH/c12-11(4-2-5-11)8-13-10(14)9-3-1-6-15-7-9;/h9H,1-8,12H2,(H,13,14);1H. The van der Waals surface area contributed by atoms with Crippen LogP contribution in [0, 0.1) is 5.92 Å². The van der Waals surface area contributed by atoms with Gasteiger partial charge >= 0.3 is 0 Å². The minimum atomic E-state index is -0.120. The molecule has 1 heterocycles. The number of hydrogen-bond acceptors (Lipinski definition) is 3. The Labute approximate surface area is 103 Å². The molecule has 2 fully saturated rings. The van der Waals surface area contributed by atoms with Crippen LogP contribution >= 0.6 is 12.4 Å². The Morgan fingerprint density at radius 1 is 1.44 bits per heavy atom. The number of nitrogens with one attached hydrogen (secondary N) is 1. The molecule has 1 aliphatic heterocycles. The number of hydrogen-bond donors (Lipinski definition) is 2. The molecule has 0 bridgehead atoms. The van der Waals surface area contributed by atoms with Gasteiger partial charge in [-0.2, -0.15) is 0 Å². The van der Waals surface area contributed by atoms with Crippen LogP contribution in [-0.2, 0) is 9.53 Å². The molecule has 1 unspecified atom stereocenters. The van der Waals surface area contributed by atoms with Gasteiger partial charge < -0.3 is 15.8 Å². The summed E-state index contributed by atoms with van der Waals surface area (Å²) < 4.78 is 5.28. The SMILES string of the molecule is Cl.NC1(CNC(=O)C2CCCOC2)CCC1. The highest BCUT2D eigenvalue weighted by atomic mass is 35.5. The summed E-state index contributed by atoms with van der Waals surface area (Å²) in [7, 11) is 0. The molecule has 1 saturated carbocycles. The van der Waals surface area contributed by atoms with Crippen LogP contribution in [0.25, 0.3) is 0 Å². The van der Waals surface area contributed by atoms with Crippen molar-refractivity contribution in [1.29, 1.82) is 0 Å². The lowest BCUT2D eigenvalue weighted by molar-refractivity contribution is -0.129. The van der Waals surface area contributed by atoms with Crippen molar-refractivity contribution in [3.05, 3.63) is 0 Å². The first kappa shape index (κ1) is 13.7. The van der Waals surface area contributed by atoms with Crippen molar-refractivity contribution in [2.75, 3.05) is 19.8 Å². The lowest BCUT2D eigenvalue weighted by Gasteiger charge is -2.38. The van der Waals surface area contributed by atoms with E-state index in [1.807, 2.05) is 0 Å². The van der Waals surface area contributed by atoms with E-state index in [4.69, 9.17) is 10.5 Å². The second-order valence-electron chi connectivity index (χ2n) is 4.85. The first-order valence-corrected chi connectivity index (χ1v) is 5.84. The Morgan fingerprint density at radius 3 is 2.69 bits per heavy atom. The molecule has 1 aliphatic carbocycles. The summed E-state index contributed by atoms with van der Waals surface area (Å²) in [5.74, 6) is 0.161. The smallest absolute Gasteiger partial charge is 0.225 e. The predicted molar refractivity (Wildman–Crippen MR) is 64.6 cm³/mol. The molecule has 0 aromatic rings. The summed E-state index contributed by atoms with van der Waals surface area (Å²) in [6.07, 6.45) is 5.21. The van der Waals surface area contributed by atoms with Crippen molar-refractivity contribution >= 4 is 18.3 Å². The van der Waals surface area contributed by atoms with Crippen molar-refractivity contribution < 1.29 is 9.53 Å². The van der Waals surface area contributed by atoms with E-state index in [1.54, 1.807) is 0 Å². The van der Waals surface area contributed by atoms with Crippen LogP contribution in [-0.4, -0.2) is 31.2 Å². The fourth-order valence-electron chi connectivity index (χ4n) is 2.16. The second-order valence-corrected chi connectivity index (χ2v) is 4.85. The molecular weight excluding hydrogens is 228 g/mol. The molecule has 1 atom stereocenters. The number of rotatable bonds is 3. The molecule has 5 heteroatoms. The maximum Gasteiger partial charge on any atom is 0.225 e. The van der Waals surface area contributed by atoms with Crippen molar-refractivity contribution in [2.45, 2.75) is 37.6 Å². The number of carbonyl (C=O) groups is 1. The number of ether oxygens (including phenoxy) is 1. The number of nitrogens with two attached hydrogens (primary N) is 1. The molecular formula is C11H21ClN2O2. The lowest BCUT2D eigenvalue weighted by Crippen LogP contribution is -2.55. The Kier molecular flexibility index (Phi) is 5.02. The van der Waals surface area contributed by atoms with Gasteiger partial charge in [0.25, 0.3) is 0 Å². The summed E-state index contributed by atoms with van der Waals surface area (Å²) >= 11 is 0. The van der Waals surface area contributed by atoms with Crippen LogP contribution in [0.5, 0.6) is 0 Å². The Morgan fingerprint density at radius 2 is 2.19 bits per heavy atom. The Hall–Kier alpha value is -0.320. The Bertz CT molecular complexity index is 238. The molecule has 16 heavy (non-hydrogen) atoms. The number of amides is 1. The minimum absolute atomic E-state index is 0. The summed E-state index contributed by atoms with van der Waals surface area (Å²) in [6, 6.07) is 0. The maximum absolute atomic E-state index is 11.7. The molecule has 0 spiro atoms. The van der Waals surface area contributed by atoms with Crippen LogP contribution in [0.1, 0.15) is 32.1 Å². The molecule has 1 saturated heterocycles. The molecule has 2 aliphatic rings. The predicted octanol–water partition coefficient (Wildman–Crippen LogP) is 0.832. The highest BCUT2D eigenvalue weighted by Crippen LogP contribution is 2.28. The van der Waals surface area contributed by atoms with Crippen molar-refractivity contribution in [1.82, 2.24) is 5.32 Å². The maximum atomic E-state index is 11.7. The molecule has 0 aromatic carbocycles. The van der Waals surface area contributed by atoms with Gasteiger partial charge in [0.2, 0.25) is 5.91 Å². The van der Waals surface area contributed by atoms with Crippen LogP contribution in [0.4, 0.5) is 0 Å². The van der Waals surface area contributed by atoms with E-state index in [1.165, 1.54) is 6.42 Å². The molecule has 0 aromatic heterocycles. The van der Waals surface area contributed by atoms with E-state index >= 15 is 0 Å². The van der Waals surface area contributed by atoms with Crippen LogP contribution in [0.15, 0.2) is 0 Å². The highest BCUT2D eigenvalue weighted by Gasteiger charge is 2.33. The third kappa shape index (κ3) is 3.34. The number of carbonyl (C=O) groups excluding carboxylic acids is 1. The molecule has 4 nitrogen and oxygen atoms in total. The zero-order chi connectivity index (χ0) is 10.7. The summed E-state index contributed by atoms with van der Waals surface area (Å²) in [4.78, 5) is 11.7. The van der Waals surface area contributed by atoms with Crippen molar-refractivity contribution in [3.8, 4) is 0 Å². The van der Waals surface area contributed by atoms with E-state index in [9.17, 15) is 4.79 Å². The topological polar surface area (TPSA) is 64.3 Å². The van der Waals surface area contributed by atoms with Gasteiger partial charge in [0, 0.05) is 18.7 Å². The average Bonchev–Trinajstić information content (AvgIpc) is 2.24. The van der Waals surface area contributed by atoms with Crippen LogP contribution < -0.4 is 11.1 Å².